The number of hydrogen-bond acceptors (Lipinski definition) is 11. The number of fused-ring (bicyclic) bond motifs is 2. The van der Waals surface area contributed by atoms with E-state index in [1.165, 1.54) is 0 Å². The van der Waals surface area contributed by atoms with E-state index in [-0.39, 0.29) is 33.0 Å². The topological polar surface area (TPSA) is 141 Å². The molecule has 3 aliphatic heterocycles. The first-order chi connectivity index (χ1) is 35.1. The van der Waals surface area contributed by atoms with Gasteiger partial charge in [0.2, 0.25) is 0 Å². The maximum absolute atomic E-state index is 10.1. The zero-order chi connectivity index (χ0) is 48.5. The lowest BCUT2D eigenvalue weighted by molar-refractivity contribution is -0.389. The molecule has 3 aliphatic rings. The van der Waals surface area contributed by atoms with Gasteiger partial charge in [-0.05, 0) is 51.9 Å². The molecule has 3 fully saturated rings. The van der Waals surface area contributed by atoms with Gasteiger partial charge in [-0.3, -0.25) is 0 Å². The van der Waals surface area contributed by atoms with E-state index in [1.807, 2.05) is 152 Å². The van der Waals surface area contributed by atoms with Gasteiger partial charge in [-0.1, -0.05) is 181 Å². The van der Waals surface area contributed by atoms with Crippen LogP contribution >= 0.6 is 0 Å². The Bertz CT molecular complexity index is 2680. The van der Waals surface area contributed by atoms with Crippen molar-refractivity contribution in [3.8, 4) is 11.8 Å². The lowest BCUT2D eigenvalue weighted by atomic mass is 9.94. The number of azide groups is 1. The smallest absolute Gasteiger partial charge is 0.187 e. The van der Waals surface area contributed by atoms with E-state index >= 15 is 0 Å². The van der Waals surface area contributed by atoms with Gasteiger partial charge in [0.05, 0.1) is 39.6 Å². The molecule has 0 N–H and O–H groups in total. The van der Waals surface area contributed by atoms with Crippen LogP contribution in [-0.4, -0.2) is 87.8 Å². The van der Waals surface area contributed by atoms with E-state index < -0.39 is 67.6 Å². The third kappa shape index (κ3) is 13.2. The molecule has 71 heavy (non-hydrogen) atoms. The van der Waals surface area contributed by atoms with Gasteiger partial charge in [0, 0.05) is 16.0 Å². The third-order valence-electron chi connectivity index (χ3n) is 12.6. The predicted molar refractivity (Wildman–Crippen MR) is 267 cm³/mol. The molecule has 0 spiro atoms. The van der Waals surface area contributed by atoms with Crippen molar-refractivity contribution in [2.45, 2.75) is 100 Å². The van der Waals surface area contributed by atoms with Crippen molar-refractivity contribution >= 4 is 10.8 Å². The Morgan fingerprint density at radius 2 is 1.30 bits per heavy atom. The molecule has 6 aromatic carbocycles. The summed E-state index contributed by atoms with van der Waals surface area (Å²) in [4.78, 5) is 3.28. The van der Waals surface area contributed by atoms with Crippen LogP contribution in [0.1, 0.15) is 46.9 Å². The molecule has 6 aromatic rings. The van der Waals surface area contributed by atoms with Crippen molar-refractivity contribution in [1.29, 1.82) is 0 Å². The molecule has 3 heterocycles. The molecule has 0 radical (unpaired) electrons. The number of ether oxygens (including phenoxy) is 10. The quantitative estimate of drug-likeness (QED) is 0.0171. The van der Waals surface area contributed by atoms with Crippen LogP contribution in [0.2, 0.25) is 0 Å². The van der Waals surface area contributed by atoms with Crippen LogP contribution in [-0.2, 0) is 67.2 Å². The van der Waals surface area contributed by atoms with Gasteiger partial charge in [-0.15, -0.1) is 6.58 Å². The molecular formula is C58H59N3O10. The Balaban J connectivity index is 1.08. The largest absolute Gasteiger partial charge is 0.374 e. The van der Waals surface area contributed by atoms with Gasteiger partial charge in [0.25, 0.3) is 0 Å². The fourth-order valence-electron chi connectivity index (χ4n) is 9.09. The van der Waals surface area contributed by atoms with Crippen LogP contribution in [0.5, 0.6) is 0 Å². The third-order valence-corrected chi connectivity index (χ3v) is 12.6. The summed E-state index contributed by atoms with van der Waals surface area (Å²) in [6.45, 7) is 5.07. The molecule has 13 nitrogen and oxygen atoms in total. The van der Waals surface area contributed by atoms with E-state index in [9.17, 15) is 5.53 Å². The second kappa shape index (κ2) is 25.8. The van der Waals surface area contributed by atoms with Crippen LogP contribution in [0.15, 0.2) is 182 Å². The number of unbranched alkanes of at least 4 members (excludes halogenated alkanes) is 1. The van der Waals surface area contributed by atoms with Crippen LogP contribution < -0.4 is 0 Å². The van der Waals surface area contributed by atoms with Crippen molar-refractivity contribution in [1.82, 2.24) is 0 Å². The van der Waals surface area contributed by atoms with Crippen LogP contribution in [0.25, 0.3) is 21.2 Å². The fourth-order valence-corrected chi connectivity index (χ4v) is 9.09. The molecule has 0 aliphatic carbocycles. The minimum absolute atomic E-state index is 0.0321. The summed E-state index contributed by atoms with van der Waals surface area (Å²) in [7, 11) is 0. The van der Waals surface area contributed by atoms with E-state index in [2.05, 4.69) is 46.6 Å². The molecule has 9 rings (SSSR count). The van der Waals surface area contributed by atoms with E-state index in [1.54, 1.807) is 0 Å². The number of rotatable bonds is 21. The molecule has 11 atom stereocenters. The van der Waals surface area contributed by atoms with Gasteiger partial charge < -0.3 is 47.4 Å². The van der Waals surface area contributed by atoms with Crippen LogP contribution in [0.4, 0.5) is 0 Å². The monoisotopic (exact) mass is 957 g/mol. The average Bonchev–Trinajstić information content (AvgIpc) is 3.42. The molecule has 0 unspecified atom stereocenters. The second-order valence-electron chi connectivity index (χ2n) is 17.5. The van der Waals surface area contributed by atoms with Crippen molar-refractivity contribution in [3.05, 3.63) is 215 Å². The second-order valence-corrected chi connectivity index (χ2v) is 17.5. The van der Waals surface area contributed by atoms with E-state index in [0.29, 0.717) is 19.6 Å². The Morgan fingerprint density at radius 1 is 0.648 bits per heavy atom. The maximum Gasteiger partial charge on any atom is 0.187 e. The summed E-state index contributed by atoms with van der Waals surface area (Å²) in [5, 5.41) is 6.43. The van der Waals surface area contributed by atoms with Crippen molar-refractivity contribution in [3.63, 3.8) is 0 Å². The standard InChI is InChI=1S/C58H59N3O10/c1-2-3-18-34-64-57-50(60-61-59)53(65-37-42-23-10-5-11-24-42)51(48(68-57)39-62-36-41-21-8-4-9-22-41)71-58-55(66-38-43-25-12-6-13-26-43)54(52-49(69-58)40-67-56(70-52)46-28-14-7-15-29-46)63-35-20-32-45-31-19-30-44-27-16-17-33-47(44)45/h2,4-17,19,21-31,33,48-58H,1,3,18,34-40H2/t48-,49-,50-,51-,52-,53-,54+,55+,56-,57-,58+/m1/s1. The van der Waals surface area contributed by atoms with Gasteiger partial charge in [0.15, 0.2) is 18.9 Å². The van der Waals surface area contributed by atoms with Gasteiger partial charge >= 0.3 is 0 Å². The highest BCUT2D eigenvalue weighted by atomic mass is 16.8. The van der Waals surface area contributed by atoms with Crippen molar-refractivity contribution < 1.29 is 47.4 Å². The first-order valence-corrected chi connectivity index (χ1v) is 24.2. The minimum atomic E-state index is -1.14. The van der Waals surface area contributed by atoms with Crippen LogP contribution in [0.3, 0.4) is 0 Å². The van der Waals surface area contributed by atoms with Gasteiger partial charge in [0.1, 0.15) is 55.4 Å². The Labute approximate surface area is 415 Å². The maximum atomic E-state index is 10.1. The SMILES string of the molecule is C=CCCCO[C@@H]1O[C@H](COCc2ccccc2)[C@@H](O[C@@H]2O[C@@H]3CO[C@@H](c4ccccc4)O[C@H]3[C@H](OCC#Cc3cccc4ccccc34)[C@@H]2OCc2ccccc2)[C@H](OCc2ccccc2)[C@H]1N=[N+]=[N-]. The Hall–Kier alpha value is -6.21. The molecule has 0 saturated carbocycles. The summed E-state index contributed by atoms with van der Waals surface area (Å²) in [5.74, 6) is 6.63. The number of nitrogens with zero attached hydrogens (tertiary/aromatic N) is 3. The fraction of sp³-hybridized carbons (Fsp3) is 0.345. The zero-order valence-electron chi connectivity index (χ0n) is 39.5. The molecule has 0 bridgehead atoms. The normalized spacial score (nSPS) is 26.1. The first-order valence-electron chi connectivity index (χ1n) is 24.2. The Morgan fingerprint density at radius 3 is 2.00 bits per heavy atom. The van der Waals surface area contributed by atoms with Crippen molar-refractivity contribution in [2.24, 2.45) is 5.11 Å². The molecule has 0 aromatic heterocycles. The van der Waals surface area contributed by atoms with Gasteiger partial charge in [-0.2, -0.15) is 0 Å². The highest BCUT2D eigenvalue weighted by Gasteiger charge is 2.55. The Kier molecular flexibility index (Phi) is 18.1. The molecule has 0 amide bonds. The molecule has 366 valence electrons. The lowest BCUT2D eigenvalue weighted by Crippen LogP contribution is -2.67. The molecule has 13 heteroatoms. The van der Waals surface area contributed by atoms with Gasteiger partial charge in [-0.25, -0.2) is 0 Å². The molecule has 3 saturated heterocycles. The highest BCUT2D eigenvalue weighted by Crippen LogP contribution is 2.39. The summed E-state index contributed by atoms with van der Waals surface area (Å²) < 4.78 is 67.7. The predicted octanol–water partition coefficient (Wildman–Crippen LogP) is 10.6. The average molecular weight is 958 g/mol. The summed E-state index contributed by atoms with van der Waals surface area (Å²) in [6.07, 6.45) is -5.42. The summed E-state index contributed by atoms with van der Waals surface area (Å²) >= 11 is 0. The number of allylic oxidation sites excluding steroid dienone is 1. The molecular weight excluding hydrogens is 899 g/mol. The van der Waals surface area contributed by atoms with E-state index in [0.717, 1.165) is 45.0 Å². The van der Waals surface area contributed by atoms with Crippen LogP contribution in [0, 0.1) is 11.8 Å². The van der Waals surface area contributed by atoms with E-state index in [4.69, 9.17) is 47.4 Å². The highest BCUT2D eigenvalue weighted by molar-refractivity contribution is 5.88. The summed E-state index contributed by atoms with van der Waals surface area (Å²) in [5.41, 5.74) is 14.7. The lowest BCUT2D eigenvalue weighted by Gasteiger charge is -2.51. The number of hydrogen-bond donors (Lipinski definition) is 0. The van der Waals surface area contributed by atoms with Crippen molar-refractivity contribution in [2.75, 3.05) is 26.4 Å². The summed E-state index contributed by atoms with van der Waals surface area (Å²) in [6, 6.07) is 52.5. The zero-order valence-corrected chi connectivity index (χ0v) is 39.5. The number of benzene rings is 6. The minimum Gasteiger partial charge on any atom is -0.374 e. The first kappa shape index (κ1) is 49.8.